The van der Waals surface area contributed by atoms with Crippen LogP contribution >= 0.6 is 0 Å². The minimum absolute atomic E-state index is 0.000219. The van der Waals surface area contributed by atoms with Crippen molar-refractivity contribution in [1.29, 1.82) is 0 Å². The van der Waals surface area contributed by atoms with Gasteiger partial charge in [0.1, 0.15) is 24.3 Å². The van der Waals surface area contributed by atoms with E-state index in [0.717, 1.165) is 0 Å². The minimum atomic E-state index is -1.02. The summed E-state index contributed by atoms with van der Waals surface area (Å²) >= 11 is 0. The Kier molecular flexibility index (Phi) is 5.15. The maximum atomic E-state index is 13.1. The lowest BCUT2D eigenvalue weighted by Gasteiger charge is -2.35. The number of ether oxygens (including phenoxy) is 1. The van der Waals surface area contributed by atoms with Crippen molar-refractivity contribution < 1.29 is 19.0 Å². The van der Waals surface area contributed by atoms with Crippen LogP contribution in [0.5, 0.6) is 0 Å². The van der Waals surface area contributed by atoms with Crippen LogP contribution in [0.15, 0.2) is 36.7 Å². The molecule has 134 valence electrons. The molecule has 1 saturated heterocycles. The van der Waals surface area contributed by atoms with Crippen LogP contribution in [0.2, 0.25) is 0 Å². The molecule has 1 aliphatic heterocycles. The highest BCUT2D eigenvalue weighted by Crippen LogP contribution is 2.21. The maximum Gasteiger partial charge on any atom is 0.242 e. The Hall–Kier alpha value is -2.25. The highest BCUT2D eigenvalue weighted by Gasteiger charge is 2.27. The van der Waals surface area contributed by atoms with E-state index in [1.54, 1.807) is 21.9 Å². The van der Waals surface area contributed by atoms with Gasteiger partial charge in [0.05, 0.1) is 12.2 Å². The standard InChI is InChI=1S/C18H22FN3O3/c1-12-9-22(10-13(2)25-12)16(23)11-21-8-7-20-18(21)17(24)14-3-5-15(19)6-4-14/h3-8,12-13,17,24H,9-11H2,1-2H3/t12-,13+,17-/m1/s1. The molecule has 0 saturated carbocycles. The van der Waals surface area contributed by atoms with E-state index in [2.05, 4.69) is 4.98 Å². The number of imidazole rings is 1. The quantitative estimate of drug-likeness (QED) is 0.915. The fourth-order valence-corrected chi connectivity index (χ4v) is 3.12. The van der Waals surface area contributed by atoms with E-state index >= 15 is 0 Å². The predicted molar refractivity (Wildman–Crippen MR) is 89.3 cm³/mol. The lowest BCUT2D eigenvalue weighted by Crippen LogP contribution is -2.49. The van der Waals surface area contributed by atoms with Crippen LogP contribution in [0.3, 0.4) is 0 Å². The van der Waals surface area contributed by atoms with Crippen molar-refractivity contribution in [2.75, 3.05) is 13.1 Å². The van der Waals surface area contributed by atoms with Crippen molar-refractivity contribution in [2.24, 2.45) is 0 Å². The van der Waals surface area contributed by atoms with Crippen molar-refractivity contribution in [3.05, 3.63) is 53.9 Å². The molecule has 3 rings (SSSR count). The van der Waals surface area contributed by atoms with Gasteiger partial charge in [0.15, 0.2) is 0 Å². The smallest absolute Gasteiger partial charge is 0.242 e. The fourth-order valence-electron chi connectivity index (χ4n) is 3.12. The zero-order chi connectivity index (χ0) is 18.0. The number of morpholine rings is 1. The minimum Gasteiger partial charge on any atom is -0.380 e. The summed E-state index contributed by atoms with van der Waals surface area (Å²) in [5, 5.41) is 10.5. The molecule has 0 unspecified atom stereocenters. The number of nitrogens with zero attached hydrogens (tertiary/aromatic N) is 3. The Morgan fingerprint density at radius 2 is 1.96 bits per heavy atom. The van der Waals surface area contributed by atoms with Crippen LogP contribution in [0.4, 0.5) is 4.39 Å². The molecule has 0 aliphatic carbocycles. The zero-order valence-electron chi connectivity index (χ0n) is 14.3. The van der Waals surface area contributed by atoms with E-state index in [0.29, 0.717) is 24.5 Å². The van der Waals surface area contributed by atoms with Crippen molar-refractivity contribution in [2.45, 2.75) is 38.7 Å². The first-order valence-electron chi connectivity index (χ1n) is 8.32. The number of aliphatic hydroxyl groups excluding tert-OH is 1. The summed E-state index contributed by atoms with van der Waals surface area (Å²) in [6.45, 7) is 5.07. The summed E-state index contributed by atoms with van der Waals surface area (Å²) in [6.07, 6.45) is 2.18. The number of carbonyl (C=O) groups excluding carboxylic acids is 1. The number of hydrogen-bond donors (Lipinski definition) is 1. The molecule has 1 N–H and O–H groups in total. The van der Waals surface area contributed by atoms with Gasteiger partial charge in [-0.15, -0.1) is 0 Å². The Morgan fingerprint density at radius 3 is 2.60 bits per heavy atom. The highest BCUT2D eigenvalue weighted by atomic mass is 19.1. The van der Waals surface area contributed by atoms with E-state index in [1.807, 2.05) is 13.8 Å². The molecule has 1 amide bonds. The van der Waals surface area contributed by atoms with Crippen LogP contribution in [-0.4, -0.2) is 50.8 Å². The molecular formula is C18H22FN3O3. The largest absolute Gasteiger partial charge is 0.380 e. The SMILES string of the molecule is C[C@@H]1CN(C(=O)Cn2ccnc2[C@H](O)c2ccc(F)cc2)C[C@H](C)O1. The van der Waals surface area contributed by atoms with E-state index in [-0.39, 0.29) is 30.5 Å². The molecule has 1 fully saturated rings. The number of amides is 1. The molecule has 0 bridgehead atoms. The first-order chi connectivity index (χ1) is 11.9. The monoisotopic (exact) mass is 347 g/mol. The third-order valence-electron chi connectivity index (χ3n) is 4.26. The van der Waals surface area contributed by atoms with Crippen molar-refractivity contribution in [1.82, 2.24) is 14.5 Å². The Balaban J connectivity index is 1.73. The summed E-state index contributed by atoms with van der Waals surface area (Å²) < 4.78 is 20.3. The number of carbonyl (C=O) groups is 1. The third-order valence-corrected chi connectivity index (χ3v) is 4.26. The van der Waals surface area contributed by atoms with E-state index in [9.17, 15) is 14.3 Å². The summed E-state index contributed by atoms with van der Waals surface area (Å²) in [5.74, 6) is -0.0631. The molecule has 2 heterocycles. The number of aliphatic hydroxyl groups is 1. The van der Waals surface area contributed by atoms with Gasteiger partial charge in [-0.25, -0.2) is 9.37 Å². The number of rotatable bonds is 4. The molecule has 6 nitrogen and oxygen atoms in total. The summed E-state index contributed by atoms with van der Waals surface area (Å²) in [4.78, 5) is 18.5. The van der Waals surface area contributed by atoms with Crippen molar-refractivity contribution in [3.63, 3.8) is 0 Å². The second-order valence-electron chi connectivity index (χ2n) is 6.42. The Bertz CT molecular complexity index is 721. The van der Waals surface area contributed by atoms with Crippen molar-refractivity contribution in [3.8, 4) is 0 Å². The third kappa shape index (κ3) is 4.05. The van der Waals surface area contributed by atoms with Crippen LogP contribution < -0.4 is 0 Å². The van der Waals surface area contributed by atoms with E-state index in [1.165, 1.54) is 24.3 Å². The summed E-state index contributed by atoms with van der Waals surface area (Å²) in [5.41, 5.74) is 0.523. The number of benzene rings is 1. The number of hydrogen-bond acceptors (Lipinski definition) is 4. The molecule has 0 radical (unpaired) electrons. The van der Waals surface area contributed by atoms with Crippen LogP contribution in [0.25, 0.3) is 0 Å². The van der Waals surface area contributed by atoms with Crippen LogP contribution in [-0.2, 0) is 16.1 Å². The first-order valence-corrected chi connectivity index (χ1v) is 8.32. The van der Waals surface area contributed by atoms with Gasteiger partial charge in [0, 0.05) is 25.5 Å². The van der Waals surface area contributed by atoms with Crippen LogP contribution in [0.1, 0.15) is 31.3 Å². The van der Waals surface area contributed by atoms with Gasteiger partial charge in [-0.05, 0) is 31.5 Å². The van der Waals surface area contributed by atoms with Gasteiger partial charge in [-0.2, -0.15) is 0 Å². The molecule has 7 heteroatoms. The number of aromatic nitrogens is 2. The normalized spacial score (nSPS) is 22.0. The summed E-state index contributed by atoms with van der Waals surface area (Å²) in [7, 11) is 0. The van der Waals surface area contributed by atoms with Crippen LogP contribution in [0, 0.1) is 5.82 Å². The fraction of sp³-hybridized carbons (Fsp3) is 0.444. The van der Waals surface area contributed by atoms with Crippen molar-refractivity contribution >= 4 is 5.91 Å². The second-order valence-corrected chi connectivity index (χ2v) is 6.42. The molecule has 1 aromatic heterocycles. The molecular weight excluding hydrogens is 325 g/mol. The first kappa shape index (κ1) is 17.6. The lowest BCUT2D eigenvalue weighted by molar-refractivity contribution is -0.143. The van der Waals surface area contributed by atoms with Gasteiger partial charge in [0.2, 0.25) is 5.91 Å². The molecule has 3 atom stereocenters. The highest BCUT2D eigenvalue weighted by molar-refractivity contribution is 5.76. The summed E-state index contributed by atoms with van der Waals surface area (Å²) in [6, 6.07) is 5.58. The topological polar surface area (TPSA) is 67.6 Å². The molecule has 25 heavy (non-hydrogen) atoms. The average Bonchev–Trinajstić information content (AvgIpc) is 3.02. The second kappa shape index (κ2) is 7.33. The Morgan fingerprint density at radius 1 is 1.32 bits per heavy atom. The van der Waals surface area contributed by atoms with Gasteiger partial charge in [0.25, 0.3) is 0 Å². The van der Waals surface area contributed by atoms with E-state index < -0.39 is 6.10 Å². The molecule has 2 aromatic rings. The van der Waals surface area contributed by atoms with Gasteiger partial charge in [-0.3, -0.25) is 4.79 Å². The molecule has 0 spiro atoms. The zero-order valence-corrected chi connectivity index (χ0v) is 14.3. The van der Waals surface area contributed by atoms with Gasteiger partial charge >= 0.3 is 0 Å². The lowest BCUT2D eigenvalue weighted by atomic mass is 10.1. The van der Waals surface area contributed by atoms with E-state index in [4.69, 9.17) is 4.74 Å². The Labute approximate surface area is 145 Å². The number of halogens is 1. The van der Waals surface area contributed by atoms with Gasteiger partial charge in [-0.1, -0.05) is 12.1 Å². The average molecular weight is 347 g/mol. The maximum absolute atomic E-state index is 13.1. The molecule has 1 aliphatic rings. The molecule has 1 aromatic carbocycles. The predicted octanol–water partition coefficient (Wildman–Crippen LogP) is 1.74. The van der Waals surface area contributed by atoms with Gasteiger partial charge < -0.3 is 19.3 Å².